The Bertz CT molecular complexity index is 1450. The van der Waals surface area contributed by atoms with Crippen LogP contribution in [0.3, 0.4) is 0 Å². The van der Waals surface area contributed by atoms with Crippen molar-refractivity contribution < 1.29 is 19.4 Å². The van der Waals surface area contributed by atoms with Crippen molar-refractivity contribution in [2.24, 2.45) is 5.10 Å². The lowest BCUT2D eigenvalue weighted by molar-refractivity contribution is -0.136. The fourth-order valence-corrected chi connectivity index (χ4v) is 4.67. The largest absolute Gasteiger partial charge is 0.493 e. The van der Waals surface area contributed by atoms with Crippen LogP contribution in [0.15, 0.2) is 102 Å². The van der Waals surface area contributed by atoms with E-state index in [2.05, 4.69) is 39.2 Å². The number of ether oxygens (including phenoxy) is 2. The van der Waals surface area contributed by atoms with Crippen LogP contribution in [0.25, 0.3) is 0 Å². The summed E-state index contributed by atoms with van der Waals surface area (Å²) in [5.41, 5.74) is 3.37. The average molecular weight is 617 g/mol. The number of nitrogens with zero attached hydrogens (tertiary/aromatic N) is 2. The molecule has 0 bridgehead atoms. The number of hydrogen-bond donors (Lipinski definition) is 2. The first-order valence-corrected chi connectivity index (χ1v) is 12.7. The number of carbonyl (C=O) groups is 1. The number of methoxy groups -OCH3 is 1. The summed E-state index contributed by atoms with van der Waals surface area (Å²) in [5, 5.41) is 24.9. The first kappa shape index (κ1) is 26.9. The molecule has 0 saturated heterocycles. The van der Waals surface area contributed by atoms with Gasteiger partial charge in [-0.15, -0.1) is 0 Å². The van der Waals surface area contributed by atoms with E-state index in [1.54, 1.807) is 66.7 Å². The van der Waals surface area contributed by atoms with Crippen molar-refractivity contribution in [1.29, 1.82) is 5.26 Å². The normalized spacial score (nSPS) is 11.1. The van der Waals surface area contributed by atoms with E-state index in [-0.39, 0.29) is 6.61 Å². The summed E-state index contributed by atoms with van der Waals surface area (Å²) in [5.74, 6) is 0.317. The first-order chi connectivity index (χ1) is 18.5. The Kier molecular flexibility index (Phi) is 8.73. The number of benzene rings is 4. The smallest absolute Gasteiger partial charge is 0.281 e. The Labute approximate surface area is 234 Å². The van der Waals surface area contributed by atoms with Gasteiger partial charge < -0.3 is 14.6 Å². The summed E-state index contributed by atoms with van der Waals surface area (Å²) in [6.45, 7) is 0.205. The molecular formula is C30H24IN3O4. The van der Waals surface area contributed by atoms with E-state index < -0.39 is 11.5 Å². The maximum atomic E-state index is 13.2. The molecule has 0 saturated carbocycles. The van der Waals surface area contributed by atoms with Crippen LogP contribution in [0.2, 0.25) is 0 Å². The molecule has 0 aromatic heterocycles. The molecule has 0 heterocycles. The Morgan fingerprint density at radius 1 is 1.03 bits per heavy atom. The number of amides is 1. The van der Waals surface area contributed by atoms with Gasteiger partial charge >= 0.3 is 0 Å². The third-order valence-corrected chi connectivity index (χ3v) is 6.65. The molecule has 7 nitrogen and oxygen atoms in total. The molecule has 0 unspecified atom stereocenters. The molecule has 0 spiro atoms. The maximum Gasteiger partial charge on any atom is 0.281 e. The van der Waals surface area contributed by atoms with Crippen LogP contribution in [0.1, 0.15) is 27.8 Å². The Morgan fingerprint density at radius 3 is 2.24 bits per heavy atom. The van der Waals surface area contributed by atoms with Gasteiger partial charge in [-0.05, 0) is 57.5 Å². The van der Waals surface area contributed by atoms with E-state index in [0.29, 0.717) is 33.8 Å². The summed E-state index contributed by atoms with van der Waals surface area (Å²) < 4.78 is 12.3. The fraction of sp³-hybridized carbons (Fsp3) is 0.100. The average Bonchev–Trinajstić information content (AvgIpc) is 2.96. The lowest BCUT2D eigenvalue weighted by atomic mass is 9.85. The number of aliphatic hydroxyl groups is 1. The third-order valence-electron chi connectivity index (χ3n) is 5.85. The van der Waals surface area contributed by atoms with Gasteiger partial charge in [0.25, 0.3) is 5.91 Å². The molecule has 4 aromatic carbocycles. The van der Waals surface area contributed by atoms with Crippen molar-refractivity contribution in [3.8, 4) is 17.6 Å². The van der Waals surface area contributed by atoms with Crippen LogP contribution in [0, 0.1) is 14.9 Å². The standard InChI is InChI=1S/C30H24IN3O4/c1-37-27-17-21(16-26(31)28(27)38-20-23-11-9-8-10-22(23)18-32)19-33-34-29(35)30(36,24-12-4-2-5-13-24)25-14-6-3-7-15-25/h2-17,19,36H,20H2,1H3,(H,34,35)/b33-19-. The van der Waals surface area contributed by atoms with Crippen LogP contribution < -0.4 is 14.9 Å². The van der Waals surface area contributed by atoms with E-state index >= 15 is 0 Å². The van der Waals surface area contributed by atoms with Crippen molar-refractivity contribution in [2.75, 3.05) is 7.11 Å². The third kappa shape index (κ3) is 5.85. The number of hydrogen-bond acceptors (Lipinski definition) is 6. The topological polar surface area (TPSA) is 104 Å². The van der Waals surface area contributed by atoms with Gasteiger partial charge in [0.05, 0.1) is 28.5 Å². The van der Waals surface area contributed by atoms with Crippen LogP contribution in [0.4, 0.5) is 0 Å². The van der Waals surface area contributed by atoms with E-state index in [9.17, 15) is 15.2 Å². The van der Waals surface area contributed by atoms with E-state index in [1.807, 2.05) is 30.3 Å². The number of nitrogens with one attached hydrogen (secondary N) is 1. The van der Waals surface area contributed by atoms with E-state index in [4.69, 9.17) is 9.47 Å². The monoisotopic (exact) mass is 617 g/mol. The molecule has 0 fully saturated rings. The van der Waals surface area contributed by atoms with Crippen LogP contribution in [-0.2, 0) is 17.0 Å². The summed E-state index contributed by atoms with van der Waals surface area (Å²) in [7, 11) is 1.53. The van der Waals surface area contributed by atoms with Crippen molar-refractivity contribution in [3.63, 3.8) is 0 Å². The molecule has 2 N–H and O–H groups in total. The summed E-state index contributed by atoms with van der Waals surface area (Å²) in [6, 6.07) is 30.4. The molecule has 190 valence electrons. The molecule has 0 aliphatic carbocycles. The summed E-state index contributed by atoms with van der Waals surface area (Å²) >= 11 is 2.13. The molecule has 8 heteroatoms. The van der Waals surface area contributed by atoms with Crippen molar-refractivity contribution in [1.82, 2.24) is 5.43 Å². The zero-order valence-corrected chi connectivity index (χ0v) is 22.6. The molecule has 0 aliphatic rings. The second-order valence-electron chi connectivity index (χ2n) is 8.23. The van der Waals surface area contributed by atoms with Crippen molar-refractivity contribution in [2.45, 2.75) is 12.2 Å². The summed E-state index contributed by atoms with van der Waals surface area (Å²) in [4.78, 5) is 13.2. The Balaban J connectivity index is 1.53. The molecule has 4 aromatic rings. The maximum absolute atomic E-state index is 13.2. The lowest BCUT2D eigenvalue weighted by Crippen LogP contribution is -2.43. The summed E-state index contributed by atoms with van der Waals surface area (Å²) in [6.07, 6.45) is 1.47. The number of halogens is 1. The minimum absolute atomic E-state index is 0.205. The zero-order chi connectivity index (χ0) is 27.0. The number of carbonyl (C=O) groups excluding carboxylic acids is 1. The first-order valence-electron chi connectivity index (χ1n) is 11.6. The number of hydrazone groups is 1. The highest BCUT2D eigenvalue weighted by Crippen LogP contribution is 2.34. The van der Waals surface area contributed by atoms with Gasteiger partial charge in [0.1, 0.15) is 6.61 Å². The number of nitriles is 1. The molecule has 4 rings (SSSR count). The van der Waals surface area contributed by atoms with Crippen molar-refractivity contribution in [3.05, 3.63) is 128 Å². The fourth-order valence-electron chi connectivity index (χ4n) is 3.89. The highest BCUT2D eigenvalue weighted by Gasteiger charge is 2.39. The van der Waals surface area contributed by atoms with E-state index in [1.165, 1.54) is 13.3 Å². The highest BCUT2D eigenvalue weighted by atomic mass is 127. The van der Waals surface area contributed by atoms with Gasteiger partial charge in [0, 0.05) is 5.56 Å². The van der Waals surface area contributed by atoms with Crippen LogP contribution in [-0.4, -0.2) is 24.3 Å². The van der Waals surface area contributed by atoms with E-state index in [0.717, 1.165) is 9.13 Å². The SMILES string of the molecule is COc1cc(/C=N\NC(=O)C(O)(c2ccccc2)c2ccccc2)cc(I)c1OCc1ccccc1C#N. The Hall–Kier alpha value is -4.20. The zero-order valence-electron chi connectivity index (χ0n) is 20.5. The number of rotatable bonds is 9. The molecule has 0 atom stereocenters. The van der Waals surface area contributed by atoms with Gasteiger partial charge in [0.2, 0.25) is 0 Å². The van der Waals surface area contributed by atoms with Gasteiger partial charge in [-0.1, -0.05) is 78.9 Å². The predicted molar refractivity (Wildman–Crippen MR) is 153 cm³/mol. The molecule has 0 radical (unpaired) electrons. The lowest BCUT2D eigenvalue weighted by Gasteiger charge is -2.27. The van der Waals surface area contributed by atoms with Gasteiger partial charge in [-0.25, -0.2) is 5.43 Å². The van der Waals surface area contributed by atoms with Gasteiger partial charge in [0.15, 0.2) is 17.1 Å². The predicted octanol–water partition coefficient (Wildman–Crippen LogP) is 5.14. The minimum atomic E-state index is -1.93. The van der Waals surface area contributed by atoms with Gasteiger partial charge in [-0.2, -0.15) is 10.4 Å². The van der Waals surface area contributed by atoms with Crippen LogP contribution >= 0.6 is 22.6 Å². The Morgan fingerprint density at radius 2 is 1.63 bits per heavy atom. The molecule has 0 aliphatic heterocycles. The second-order valence-corrected chi connectivity index (χ2v) is 9.40. The van der Waals surface area contributed by atoms with Gasteiger partial charge in [-0.3, -0.25) is 4.79 Å². The minimum Gasteiger partial charge on any atom is -0.493 e. The van der Waals surface area contributed by atoms with Crippen molar-refractivity contribution >= 4 is 34.7 Å². The quantitative estimate of drug-likeness (QED) is 0.154. The second kappa shape index (κ2) is 12.4. The van der Waals surface area contributed by atoms with Crippen LogP contribution in [0.5, 0.6) is 11.5 Å². The molecule has 38 heavy (non-hydrogen) atoms. The molecule has 1 amide bonds. The highest BCUT2D eigenvalue weighted by molar-refractivity contribution is 14.1. The molecular weight excluding hydrogens is 593 g/mol.